The smallest absolute Gasteiger partial charge is 0.237 e. The summed E-state index contributed by atoms with van der Waals surface area (Å²) < 4.78 is 12.9. The van der Waals surface area contributed by atoms with Gasteiger partial charge < -0.3 is 10.2 Å². The van der Waals surface area contributed by atoms with Crippen LogP contribution in [-0.4, -0.2) is 54.6 Å². The van der Waals surface area contributed by atoms with Crippen LogP contribution in [-0.2, 0) is 11.2 Å². The Bertz CT molecular complexity index is 700. The Labute approximate surface area is 153 Å². The Balaban J connectivity index is 1.42. The van der Waals surface area contributed by atoms with E-state index in [9.17, 15) is 9.18 Å². The zero-order valence-corrected chi connectivity index (χ0v) is 15.1. The maximum Gasteiger partial charge on any atom is 0.237 e. The van der Waals surface area contributed by atoms with Crippen LogP contribution in [0.3, 0.4) is 0 Å². The molecular formula is C20H25FN4O. The third-order valence-electron chi connectivity index (χ3n) is 4.84. The van der Waals surface area contributed by atoms with Gasteiger partial charge >= 0.3 is 0 Å². The molecule has 5 nitrogen and oxygen atoms in total. The molecule has 1 saturated heterocycles. The molecule has 138 valence electrons. The van der Waals surface area contributed by atoms with Gasteiger partial charge in [-0.2, -0.15) is 0 Å². The highest BCUT2D eigenvalue weighted by atomic mass is 19.1. The summed E-state index contributed by atoms with van der Waals surface area (Å²) in [6.07, 6.45) is 2.51. The predicted octanol–water partition coefficient (Wildman–Crippen LogP) is 2.09. The molecule has 0 aliphatic carbocycles. The summed E-state index contributed by atoms with van der Waals surface area (Å²) in [5.74, 6) is 0.790. The summed E-state index contributed by atoms with van der Waals surface area (Å²) in [6, 6.07) is 12.2. The van der Waals surface area contributed by atoms with Gasteiger partial charge in [0.2, 0.25) is 5.91 Å². The molecule has 0 bridgehead atoms. The lowest BCUT2D eigenvalue weighted by Crippen LogP contribution is -2.54. The zero-order chi connectivity index (χ0) is 18.4. The number of hydrogen-bond donors (Lipinski definition) is 1. The number of aromatic nitrogens is 1. The number of amides is 1. The molecule has 1 N–H and O–H groups in total. The number of carbonyl (C=O) groups is 1. The Kier molecular flexibility index (Phi) is 6.17. The number of pyridine rings is 1. The van der Waals surface area contributed by atoms with Crippen LogP contribution in [0.25, 0.3) is 0 Å². The second-order valence-electron chi connectivity index (χ2n) is 6.55. The van der Waals surface area contributed by atoms with Crippen LogP contribution in [0.15, 0.2) is 48.7 Å². The minimum Gasteiger partial charge on any atom is -0.354 e. The van der Waals surface area contributed by atoms with Gasteiger partial charge in [-0.3, -0.25) is 9.69 Å². The van der Waals surface area contributed by atoms with Crippen molar-refractivity contribution in [2.75, 3.05) is 37.6 Å². The quantitative estimate of drug-likeness (QED) is 0.861. The van der Waals surface area contributed by atoms with Gasteiger partial charge in [-0.25, -0.2) is 9.37 Å². The van der Waals surface area contributed by atoms with Crippen molar-refractivity contribution in [3.05, 3.63) is 60.0 Å². The highest BCUT2D eigenvalue weighted by molar-refractivity contribution is 5.81. The Morgan fingerprint density at radius 3 is 2.54 bits per heavy atom. The molecule has 1 unspecified atom stereocenters. The Morgan fingerprint density at radius 2 is 1.88 bits per heavy atom. The molecule has 1 atom stereocenters. The molecule has 0 radical (unpaired) electrons. The first kappa shape index (κ1) is 18.3. The van der Waals surface area contributed by atoms with E-state index in [2.05, 4.69) is 20.1 Å². The molecule has 1 fully saturated rings. The van der Waals surface area contributed by atoms with Crippen molar-refractivity contribution in [1.29, 1.82) is 0 Å². The van der Waals surface area contributed by atoms with Crippen LogP contribution in [0.4, 0.5) is 10.2 Å². The monoisotopic (exact) mass is 356 g/mol. The first-order valence-electron chi connectivity index (χ1n) is 9.05. The van der Waals surface area contributed by atoms with Crippen molar-refractivity contribution < 1.29 is 9.18 Å². The lowest BCUT2D eigenvalue weighted by Gasteiger charge is -2.37. The van der Waals surface area contributed by atoms with Crippen LogP contribution in [0.1, 0.15) is 12.5 Å². The molecule has 2 heterocycles. The molecule has 1 aliphatic heterocycles. The molecule has 6 heteroatoms. The summed E-state index contributed by atoms with van der Waals surface area (Å²) in [7, 11) is 0. The normalized spacial score (nSPS) is 16.3. The number of nitrogens with one attached hydrogen (secondary N) is 1. The highest BCUT2D eigenvalue weighted by Gasteiger charge is 2.25. The van der Waals surface area contributed by atoms with E-state index in [0.29, 0.717) is 13.0 Å². The van der Waals surface area contributed by atoms with Gasteiger partial charge in [-0.05, 0) is 43.2 Å². The first-order valence-corrected chi connectivity index (χ1v) is 9.05. The van der Waals surface area contributed by atoms with Gasteiger partial charge in [0, 0.05) is 38.9 Å². The predicted molar refractivity (Wildman–Crippen MR) is 101 cm³/mol. The fourth-order valence-electron chi connectivity index (χ4n) is 3.17. The lowest BCUT2D eigenvalue weighted by atomic mass is 10.1. The molecule has 2 aromatic rings. The summed E-state index contributed by atoms with van der Waals surface area (Å²) in [5, 5.41) is 2.99. The van der Waals surface area contributed by atoms with Gasteiger partial charge in [0.15, 0.2) is 0 Å². The van der Waals surface area contributed by atoms with E-state index in [-0.39, 0.29) is 17.8 Å². The summed E-state index contributed by atoms with van der Waals surface area (Å²) in [5.41, 5.74) is 1.02. The van der Waals surface area contributed by atoms with E-state index in [0.717, 1.165) is 37.6 Å². The minimum atomic E-state index is -0.240. The number of carbonyl (C=O) groups excluding carboxylic acids is 1. The third-order valence-corrected chi connectivity index (χ3v) is 4.84. The van der Waals surface area contributed by atoms with Crippen molar-refractivity contribution in [2.45, 2.75) is 19.4 Å². The van der Waals surface area contributed by atoms with Crippen molar-refractivity contribution in [1.82, 2.24) is 15.2 Å². The number of nitrogens with zero attached hydrogens (tertiary/aromatic N) is 3. The number of halogens is 1. The lowest BCUT2D eigenvalue weighted by molar-refractivity contribution is -0.125. The average Bonchev–Trinajstić information content (AvgIpc) is 2.69. The molecule has 3 rings (SSSR count). The van der Waals surface area contributed by atoms with Crippen molar-refractivity contribution in [3.63, 3.8) is 0 Å². The van der Waals surface area contributed by atoms with Crippen molar-refractivity contribution in [2.24, 2.45) is 0 Å². The van der Waals surface area contributed by atoms with Crippen LogP contribution >= 0.6 is 0 Å². The number of hydrogen-bond acceptors (Lipinski definition) is 4. The van der Waals surface area contributed by atoms with E-state index in [4.69, 9.17) is 0 Å². The highest BCUT2D eigenvalue weighted by Crippen LogP contribution is 2.14. The number of rotatable bonds is 6. The maximum absolute atomic E-state index is 12.9. The topological polar surface area (TPSA) is 48.5 Å². The molecule has 1 amide bonds. The SMILES string of the molecule is CC(C(=O)NCCc1ccc(F)cc1)N1CCN(c2ccccn2)CC1. The van der Waals surface area contributed by atoms with Crippen LogP contribution in [0, 0.1) is 5.82 Å². The first-order chi connectivity index (χ1) is 12.6. The number of piperazine rings is 1. The molecule has 0 saturated carbocycles. The number of anilines is 1. The summed E-state index contributed by atoms with van der Waals surface area (Å²) >= 11 is 0. The molecule has 1 aromatic carbocycles. The Hall–Kier alpha value is -2.47. The van der Waals surface area contributed by atoms with Crippen molar-refractivity contribution >= 4 is 11.7 Å². The van der Waals surface area contributed by atoms with E-state index in [1.807, 2.05) is 25.1 Å². The number of benzene rings is 1. The maximum atomic E-state index is 12.9. The van der Waals surface area contributed by atoms with Gasteiger partial charge in [0.25, 0.3) is 0 Å². The average molecular weight is 356 g/mol. The molecule has 1 aromatic heterocycles. The van der Waals surface area contributed by atoms with Crippen LogP contribution in [0.2, 0.25) is 0 Å². The summed E-state index contributed by atoms with van der Waals surface area (Å²) in [4.78, 5) is 21.2. The van der Waals surface area contributed by atoms with Gasteiger partial charge in [0.1, 0.15) is 11.6 Å². The van der Waals surface area contributed by atoms with Gasteiger partial charge in [-0.15, -0.1) is 0 Å². The molecule has 0 spiro atoms. The van der Waals surface area contributed by atoms with Gasteiger partial charge in [-0.1, -0.05) is 18.2 Å². The van der Waals surface area contributed by atoms with Crippen LogP contribution in [0.5, 0.6) is 0 Å². The molecule has 1 aliphatic rings. The second kappa shape index (κ2) is 8.76. The standard InChI is InChI=1S/C20H25FN4O/c1-16(20(26)23-11-9-17-5-7-18(21)8-6-17)24-12-14-25(15-13-24)19-4-2-3-10-22-19/h2-8,10,16H,9,11-15H2,1H3,(H,23,26). The second-order valence-corrected chi connectivity index (χ2v) is 6.55. The van der Waals surface area contributed by atoms with E-state index in [1.165, 1.54) is 12.1 Å². The minimum absolute atomic E-state index is 0.0402. The third kappa shape index (κ3) is 4.79. The fourth-order valence-corrected chi connectivity index (χ4v) is 3.17. The zero-order valence-electron chi connectivity index (χ0n) is 15.1. The van der Waals surface area contributed by atoms with Crippen molar-refractivity contribution in [3.8, 4) is 0 Å². The van der Waals surface area contributed by atoms with E-state index < -0.39 is 0 Å². The van der Waals surface area contributed by atoms with E-state index in [1.54, 1.807) is 18.3 Å². The Morgan fingerprint density at radius 1 is 1.15 bits per heavy atom. The van der Waals surface area contributed by atoms with E-state index >= 15 is 0 Å². The largest absolute Gasteiger partial charge is 0.354 e. The summed E-state index contributed by atoms with van der Waals surface area (Å²) in [6.45, 7) is 5.91. The fraction of sp³-hybridized carbons (Fsp3) is 0.400. The molecular weight excluding hydrogens is 331 g/mol. The van der Waals surface area contributed by atoms with Gasteiger partial charge in [0.05, 0.1) is 6.04 Å². The molecule has 26 heavy (non-hydrogen) atoms. The van der Waals surface area contributed by atoms with Crippen LogP contribution < -0.4 is 10.2 Å².